The number of rotatable bonds is 5. The fourth-order valence-corrected chi connectivity index (χ4v) is 3.61. The average Bonchev–Trinajstić information content (AvgIpc) is 2.76. The van der Waals surface area contributed by atoms with Crippen molar-refractivity contribution in [1.29, 1.82) is 0 Å². The summed E-state index contributed by atoms with van der Waals surface area (Å²) in [4.78, 5) is 9.13. The minimum Gasteiger partial charge on any atom is -0.496 e. The normalized spacial score (nSPS) is 10.8. The molecule has 0 aliphatic carbocycles. The van der Waals surface area contributed by atoms with E-state index in [1.54, 1.807) is 14.2 Å². The van der Waals surface area contributed by atoms with Gasteiger partial charge in [0.1, 0.15) is 5.75 Å². The number of aryl methyl sites for hydroxylation is 1. The maximum Gasteiger partial charge on any atom is 0.217 e. The highest BCUT2D eigenvalue weighted by atomic mass is 16.5. The van der Waals surface area contributed by atoms with Gasteiger partial charge in [-0.3, -0.25) is 4.98 Å². The number of ether oxygens (including phenoxy) is 2. The van der Waals surface area contributed by atoms with E-state index in [1.807, 2.05) is 49.6 Å². The molecule has 0 spiro atoms. The van der Waals surface area contributed by atoms with E-state index in [9.17, 15) is 0 Å². The van der Waals surface area contributed by atoms with E-state index in [0.717, 1.165) is 44.5 Å². The van der Waals surface area contributed by atoms with Gasteiger partial charge in [-0.15, -0.1) is 0 Å². The lowest BCUT2D eigenvalue weighted by molar-refractivity contribution is 0.392. The molecule has 2 aromatic carbocycles. The second-order valence-corrected chi connectivity index (χ2v) is 6.69. The molecule has 0 aliphatic rings. The third-order valence-electron chi connectivity index (χ3n) is 4.94. The molecule has 0 aliphatic heterocycles. The van der Waals surface area contributed by atoms with Crippen molar-refractivity contribution < 1.29 is 9.47 Å². The van der Waals surface area contributed by atoms with Gasteiger partial charge < -0.3 is 9.47 Å². The number of hydrogen-bond donors (Lipinski definition) is 0. The van der Waals surface area contributed by atoms with E-state index in [2.05, 4.69) is 34.2 Å². The average molecular weight is 370 g/mol. The number of methoxy groups -OCH3 is 2. The molecular weight excluding hydrogens is 348 g/mol. The minimum atomic E-state index is 0.625. The molecule has 4 heteroatoms. The van der Waals surface area contributed by atoms with Crippen molar-refractivity contribution >= 4 is 10.8 Å². The molecule has 28 heavy (non-hydrogen) atoms. The van der Waals surface area contributed by atoms with Crippen LogP contribution in [0.15, 0.2) is 67.0 Å². The van der Waals surface area contributed by atoms with Gasteiger partial charge in [0.25, 0.3) is 0 Å². The molecule has 4 nitrogen and oxygen atoms in total. The maximum absolute atomic E-state index is 5.65. The van der Waals surface area contributed by atoms with Crippen LogP contribution in [0.25, 0.3) is 21.9 Å². The van der Waals surface area contributed by atoms with Gasteiger partial charge in [0.05, 0.1) is 14.2 Å². The Morgan fingerprint density at radius 2 is 1.68 bits per heavy atom. The second kappa shape index (κ2) is 7.69. The molecule has 0 atom stereocenters. The van der Waals surface area contributed by atoms with Crippen LogP contribution < -0.4 is 9.47 Å². The number of benzene rings is 2. The summed E-state index contributed by atoms with van der Waals surface area (Å²) < 4.78 is 11.3. The van der Waals surface area contributed by atoms with Crippen LogP contribution in [0.2, 0.25) is 0 Å². The van der Waals surface area contributed by atoms with E-state index >= 15 is 0 Å². The third kappa shape index (κ3) is 3.29. The van der Waals surface area contributed by atoms with E-state index in [4.69, 9.17) is 9.47 Å². The zero-order valence-corrected chi connectivity index (χ0v) is 16.3. The molecule has 0 amide bonds. The van der Waals surface area contributed by atoms with Crippen molar-refractivity contribution in [2.75, 3.05) is 14.2 Å². The van der Waals surface area contributed by atoms with Gasteiger partial charge in [-0.2, -0.15) is 0 Å². The molecule has 0 unspecified atom stereocenters. The highest BCUT2D eigenvalue weighted by Gasteiger charge is 2.17. The number of pyridine rings is 2. The summed E-state index contributed by atoms with van der Waals surface area (Å²) in [5.74, 6) is 1.45. The number of hydrogen-bond acceptors (Lipinski definition) is 4. The van der Waals surface area contributed by atoms with Gasteiger partial charge in [0, 0.05) is 46.4 Å². The summed E-state index contributed by atoms with van der Waals surface area (Å²) in [6.45, 7) is 1.99. The first-order valence-electron chi connectivity index (χ1n) is 9.20. The van der Waals surface area contributed by atoms with Crippen molar-refractivity contribution in [3.05, 3.63) is 83.8 Å². The molecule has 4 aromatic rings. The summed E-state index contributed by atoms with van der Waals surface area (Å²) in [6.07, 6.45) is 4.44. The lowest BCUT2D eigenvalue weighted by Gasteiger charge is -2.16. The predicted octanol–water partition coefficient (Wildman–Crippen LogP) is 5.21. The lowest BCUT2D eigenvalue weighted by Crippen LogP contribution is -2.02. The highest BCUT2D eigenvalue weighted by Crippen LogP contribution is 2.36. The molecule has 2 heterocycles. The Kier molecular flexibility index (Phi) is 4.94. The van der Waals surface area contributed by atoms with Gasteiger partial charge in [0.15, 0.2) is 0 Å². The summed E-state index contributed by atoms with van der Waals surface area (Å²) in [7, 11) is 3.35. The smallest absolute Gasteiger partial charge is 0.217 e. The number of nitrogens with zero attached hydrogens (tertiary/aromatic N) is 2. The van der Waals surface area contributed by atoms with Crippen LogP contribution in [0.1, 0.15) is 16.8 Å². The van der Waals surface area contributed by atoms with Gasteiger partial charge in [-0.05, 0) is 30.2 Å². The van der Waals surface area contributed by atoms with Crippen LogP contribution in [0.3, 0.4) is 0 Å². The zero-order valence-electron chi connectivity index (χ0n) is 16.3. The summed E-state index contributed by atoms with van der Waals surface area (Å²) in [6, 6.07) is 18.5. The fraction of sp³-hybridized carbons (Fsp3) is 0.167. The number of aromatic nitrogens is 2. The standard InChI is InChI=1S/C24H22N2O2/c1-16-20-10-7-11-22(27-2)23(20)21(24(26-16)28-3)13-17-12-19(15-25-14-17)18-8-5-4-6-9-18/h4-12,14-15H,13H2,1-3H3. The van der Waals surface area contributed by atoms with E-state index < -0.39 is 0 Å². The molecular formula is C24H22N2O2. The first-order chi connectivity index (χ1) is 13.7. The van der Waals surface area contributed by atoms with Crippen LogP contribution in [-0.2, 0) is 6.42 Å². The van der Waals surface area contributed by atoms with Gasteiger partial charge in [-0.25, -0.2) is 4.98 Å². The Labute approximate surface area is 164 Å². The van der Waals surface area contributed by atoms with Gasteiger partial charge in [-0.1, -0.05) is 42.5 Å². The molecule has 4 rings (SSSR count). The summed E-state index contributed by atoms with van der Waals surface area (Å²) in [5.41, 5.74) is 5.26. The van der Waals surface area contributed by atoms with Crippen LogP contribution in [0.4, 0.5) is 0 Å². The monoisotopic (exact) mass is 370 g/mol. The Hall–Kier alpha value is -3.40. The Bertz CT molecular complexity index is 1120. The van der Waals surface area contributed by atoms with E-state index in [-0.39, 0.29) is 0 Å². The second-order valence-electron chi connectivity index (χ2n) is 6.69. The zero-order chi connectivity index (χ0) is 19.5. The Morgan fingerprint density at radius 3 is 2.43 bits per heavy atom. The fourth-order valence-electron chi connectivity index (χ4n) is 3.61. The summed E-state index contributed by atoms with van der Waals surface area (Å²) >= 11 is 0. The van der Waals surface area contributed by atoms with Crippen molar-refractivity contribution in [1.82, 2.24) is 9.97 Å². The van der Waals surface area contributed by atoms with Gasteiger partial charge >= 0.3 is 0 Å². The molecule has 0 bridgehead atoms. The van der Waals surface area contributed by atoms with Crippen molar-refractivity contribution in [2.24, 2.45) is 0 Å². The first kappa shape index (κ1) is 18.0. The molecule has 140 valence electrons. The van der Waals surface area contributed by atoms with E-state index in [0.29, 0.717) is 12.3 Å². The molecule has 0 saturated carbocycles. The lowest BCUT2D eigenvalue weighted by atomic mass is 9.97. The Morgan fingerprint density at radius 1 is 0.857 bits per heavy atom. The Balaban J connectivity index is 1.85. The van der Waals surface area contributed by atoms with Crippen LogP contribution in [0.5, 0.6) is 11.6 Å². The van der Waals surface area contributed by atoms with Crippen LogP contribution in [0, 0.1) is 6.92 Å². The van der Waals surface area contributed by atoms with Gasteiger partial charge in [0.2, 0.25) is 5.88 Å². The van der Waals surface area contributed by atoms with Crippen molar-refractivity contribution in [3.63, 3.8) is 0 Å². The predicted molar refractivity (Wildman–Crippen MR) is 112 cm³/mol. The van der Waals surface area contributed by atoms with Crippen molar-refractivity contribution in [3.8, 4) is 22.8 Å². The largest absolute Gasteiger partial charge is 0.496 e. The van der Waals surface area contributed by atoms with Crippen molar-refractivity contribution in [2.45, 2.75) is 13.3 Å². The highest BCUT2D eigenvalue weighted by molar-refractivity contribution is 5.94. The minimum absolute atomic E-state index is 0.625. The number of fused-ring (bicyclic) bond motifs is 1. The third-order valence-corrected chi connectivity index (χ3v) is 4.94. The molecule has 2 aromatic heterocycles. The molecule has 0 radical (unpaired) electrons. The molecule has 0 N–H and O–H groups in total. The topological polar surface area (TPSA) is 44.2 Å². The maximum atomic E-state index is 5.65. The first-order valence-corrected chi connectivity index (χ1v) is 9.20. The van der Waals surface area contributed by atoms with Crippen LogP contribution >= 0.6 is 0 Å². The molecule has 0 fully saturated rings. The quantitative estimate of drug-likeness (QED) is 0.483. The van der Waals surface area contributed by atoms with Crippen LogP contribution in [-0.4, -0.2) is 24.2 Å². The molecule has 0 saturated heterocycles. The summed E-state index contributed by atoms with van der Waals surface area (Å²) in [5, 5.41) is 2.11. The SMILES string of the molecule is COc1nc(C)c2cccc(OC)c2c1Cc1cncc(-c2ccccc2)c1. The van der Waals surface area contributed by atoms with E-state index in [1.165, 1.54) is 0 Å².